The molecule has 0 atom stereocenters. The van der Waals surface area contributed by atoms with E-state index in [9.17, 15) is 21.6 Å². The second-order valence-corrected chi connectivity index (χ2v) is 14.0. The van der Waals surface area contributed by atoms with Gasteiger partial charge in [-0.25, -0.2) is 26.1 Å². The molecule has 12 heteroatoms. The van der Waals surface area contributed by atoms with Gasteiger partial charge in [0.2, 0.25) is 10.0 Å². The van der Waals surface area contributed by atoms with Crippen molar-refractivity contribution in [1.29, 1.82) is 0 Å². The van der Waals surface area contributed by atoms with Crippen LogP contribution in [0.1, 0.15) is 30.1 Å². The molecule has 0 saturated carbocycles. The molecule has 0 aliphatic carbocycles. The third-order valence-electron chi connectivity index (χ3n) is 6.25. The topological polar surface area (TPSA) is 108 Å². The first-order chi connectivity index (χ1) is 17.0. The fourth-order valence-electron chi connectivity index (χ4n) is 3.99. The van der Waals surface area contributed by atoms with Crippen LogP contribution < -0.4 is 4.90 Å². The number of anilines is 1. The molecule has 1 saturated heterocycles. The second kappa shape index (κ2) is 10.4. The summed E-state index contributed by atoms with van der Waals surface area (Å²) in [5.41, 5.74) is 1.20. The van der Waals surface area contributed by atoms with E-state index in [0.29, 0.717) is 38.3 Å². The van der Waals surface area contributed by atoms with Crippen LogP contribution in [0.4, 0.5) is 5.13 Å². The van der Waals surface area contributed by atoms with Crippen molar-refractivity contribution in [2.45, 2.75) is 29.6 Å². The number of carbonyl (C=O) groups is 1. The van der Waals surface area contributed by atoms with Crippen molar-refractivity contribution in [2.75, 3.05) is 50.9 Å². The number of amides is 1. The summed E-state index contributed by atoms with van der Waals surface area (Å²) in [6.45, 7) is 4.66. The third kappa shape index (κ3) is 5.56. The Morgan fingerprint density at radius 1 is 1.00 bits per heavy atom. The highest BCUT2D eigenvalue weighted by molar-refractivity contribution is 7.90. The van der Waals surface area contributed by atoms with Crippen molar-refractivity contribution in [2.24, 2.45) is 0 Å². The van der Waals surface area contributed by atoms with Crippen molar-refractivity contribution in [3.8, 4) is 0 Å². The van der Waals surface area contributed by atoms with Crippen LogP contribution in [0.5, 0.6) is 0 Å². The minimum absolute atomic E-state index is 0.139. The van der Waals surface area contributed by atoms with Gasteiger partial charge in [0.05, 0.1) is 20.0 Å². The van der Waals surface area contributed by atoms with Crippen LogP contribution in [-0.2, 0) is 19.9 Å². The predicted molar refractivity (Wildman–Crippen MR) is 142 cm³/mol. The third-order valence-corrected chi connectivity index (χ3v) is 10.3. The first-order valence-electron chi connectivity index (χ1n) is 11.7. The molecule has 0 spiro atoms. The lowest BCUT2D eigenvalue weighted by Gasteiger charge is -2.34. The van der Waals surface area contributed by atoms with Gasteiger partial charge in [-0.05, 0) is 48.9 Å². The number of hydrogen-bond donors (Lipinski definition) is 0. The van der Waals surface area contributed by atoms with Gasteiger partial charge in [0, 0.05) is 51.6 Å². The molecule has 4 rings (SSSR count). The van der Waals surface area contributed by atoms with Crippen molar-refractivity contribution < 1.29 is 21.6 Å². The number of nitrogens with zero attached hydrogens (tertiary/aromatic N) is 4. The lowest BCUT2D eigenvalue weighted by molar-refractivity contribution is 0.0746. The zero-order valence-corrected chi connectivity index (χ0v) is 23.0. The van der Waals surface area contributed by atoms with Crippen molar-refractivity contribution >= 4 is 52.5 Å². The number of carbonyl (C=O) groups excluding carboxylic acids is 1. The van der Waals surface area contributed by atoms with Gasteiger partial charge < -0.3 is 9.80 Å². The molecule has 2 heterocycles. The van der Waals surface area contributed by atoms with E-state index in [1.807, 2.05) is 6.92 Å². The average Bonchev–Trinajstić information content (AvgIpc) is 3.30. The van der Waals surface area contributed by atoms with E-state index < -0.39 is 19.9 Å². The highest BCUT2D eigenvalue weighted by Gasteiger charge is 2.25. The minimum atomic E-state index is -3.58. The van der Waals surface area contributed by atoms with Crippen molar-refractivity contribution in [3.05, 3.63) is 48.0 Å². The van der Waals surface area contributed by atoms with Crippen LogP contribution in [0.2, 0.25) is 0 Å². The Labute approximate surface area is 216 Å². The molecule has 1 aliphatic heterocycles. The summed E-state index contributed by atoms with van der Waals surface area (Å²) < 4.78 is 51.3. The van der Waals surface area contributed by atoms with Crippen molar-refractivity contribution in [3.63, 3.8) is 0 Å². The SMILES string of the molecule is CCCCN(C)S(=O)(=O)c1ccc(C(=O)N2CCN(c3nc4ccc(S(C)(=O)=O)cc4s3)CC2)cc1. The van der Waals surface area contributed by atoms with E-state index in [-0.39, 0.29) is 15.7 Å². The molecular weight excluding hydrogens is 520 g/mol. The number of benzene rings is 2. The first-order valence-corrected chi connectivity index (χ1v) is 15.9. The van der Waals surface area contributed by atoms with Gasteiger partial charge in [0.1, 0.15) is 0 Å². The summed E-state index contributed by atoms with van der Waals surface area (Å²) in [6.07, 6.45) is 2.88. The van der Waals surface area contributed by atoms with Gasteiger partial charge in [-0.3, -0.25) is 4.79 Å². The molecule has 9 nitrogen and oxygen atoms in total. The van der Waals surface area contributed by atoms with Crippen LogP contribution in [0.25, 0.3) is 10.2 Å². The first kappa shape index (κ1) is 26.5. The molecule has 1 aromatic heterocycles. The number of piperazine rings is 1. The van der Waals surface area contributed by atoms with E-state index in [4.69, 9.17) is 0 Å². The predicted octanol–water partition coefficient (Wildman–Crippen LogP) is 3.08. The summed E-state index contributed by atoms with van der Waals surface area (Å²) in [7, 11) is -5.29. The van der Waals surface area contributed by atoms with E-state index in [1.54, 1.807) is 42.3 Å². The highest BCUT2D eigenvalue weighted by Crippen LogP contribution is 2.31. The number of rotatable bonds is 8. The van der Waals surface area contributed by atoms with Crippen LogP contribution in [-0.4, -0.2) is 83.0 Å². The summed E-state index contributed by atoms with van der Waals surface area (Å²) in [6, 6.07) is 11.1. The lowest BCUT2D eigenvalue weighted by Crippen LogP contribution is -2.48. The number of aromatic nitrogens is 1. The molecule has 1 amide bonds. The normalized spacial score (nSPS) is 15.1. The van der Waals surface area contributed by atoms with Crippen molar-refractivity contribution in [1.82, 2.24) is 14.2 Å². The quantitative estimate of drug-likeness (QED) is 0.424. The molecule has 1 aliphatic rings. The molecule has 0 radical (unpaired) electrons. The summed E-state index contributed by atoms with van der Waals surface area (Å²) >= 11 is 1.44. The van der Waals surface area contributed by atoms with Gasteiger partial charge in [-0.1, -0.05) is 24.7 Å². The smallest absolute Gasteiger partial charge is 0.253 e. The Kier molecular flexibility index (Phi) is 7.69. The number of sulfone groups is 1. The average molecular weight is 551 g/mol. The number of fused-ring (bicyclic) bond motifs is 1. The van der Waals surface area contributed by atoms with Crippen LogP contribution in [0.15, 0.2) is 52.3 Å². The highest BCUT2D eigenvalue weighted by atomic mass is 32.2. The van der Waals surface area contributed by atoms with E-state index in [0.717, 1.165) is 28.2 Å². The Hall–Kier alpha value is -2.54. The van der Waals surface area contributed by atoms with Crippen LogP contribution in [0.3, 0.4) is 0 Å². The van der Waals surface area contributed by atoms with Gasteiger partial charge in [-0.15, -0.1) is 0 Å². The monoisotopic (exact) mass is 550 g/mol. The lowest BCUT2D eigenvalue weighted by atomic mass is 10.2. The van der Waals surface area contributed by atoms with Crippen LogP contribution >= 0.6 is 11.3 Å². The zero-order chi connectivity index (χ0) is 26.1. The Bertz CT molecular complexity index is 1460. The number of sulfonamides is 1. The molecule has 3 aromatic rings. The van der Waals surface area contributed by atoms with Crippen LogP contribution in [0, 0.1) is 0 Å². The van der Waals surface area contributed by atoms with Gasteiger partial charge >= 0.3 is 0 Å². The van der Waals surface area contributed by atoms with E-state index >= 15 is 0 Å². The molecule has 2 aromatic carbocycles. The molecule has 0 N–H and O–H groups in total. The largest absolute Gasteiger partial charge is 0.345 e. The fourth-order valence-corrected chi connectivity index (χ4v) is 6.98. The van der Waals surface area contributed by atoms with Gasteiger partial charge in [0.15, 0.2) is 15.0 Å². The number of hydrogen-bond acceptors (Lipinski definition) is 8. The number of unbranched alkanes of at least 4 members (excludes halogenated alkanes) is 1. The molecular formula is C24H30N4O5S3. The van der Waals surface area contributed by atoms with Gasteiger partial charge in [-0.2, -0.15) is 0 Å². The maximum atomic E-state index is 13.0. The molecule has 0 unspecified atom stereocenters. The Balaban J connectivity index is 1.40. The summed E-state index contributed by atoms with van der Waals surface area (Å²) in [5.74, 6) is -0.139. The van der Waals surface area contributed by atoms with E-state index in [2.05, 4.69) is 9.88 Å². The Morgan fingerprint density at radius 2 is 1.64 bits per heavy atom. The zero-order valence-electron chi connectivity index (χ0n) is 20.5. The molecule has 36 heavy (non-hydrogen) atoms. The number of thiazole rings is 1. The minimum Gasteiger partial charge on any atom is -0.345 e. The second-order valence-electron chi connectivity index (χ2n) is 8.88. The fraction of sp³-hybridized carbons (Fsp3) is 0.417. The summed E-state index contributed by atoms with van der Waals surface area (Å²) in [5, 5.41) is 0.796. The Morgan fingerprint density at radius 3 is 2.25 bits per heavy atom. The van der Waals surface area contributed by atoms with E-state index in [1.165, 1.54) is 34.0 Å². The van der Waals surface area contributed by atoms with Gasteiger partial charge in [0.25, 0.3) is 5.91 Å². The maximum Gasteiger partial charge on any atom is 0.253 e. The molecule has 194 valence electrons. The molecule has 1 fully saturated rings. The molecule has 0 bridgehead atoms. The standard InChI is InChI=1S/C24H30N4O5S3/c1-4-5-12-26(2)36(32,33)19-8-6-18(7-9-19)23(29)27-13-15-28(16-14-27)24-25-21-11-10-20(35(3,30)31)17-22(21)34-24/h6-11,17H,4-5,12-16H2,1-3H3. The summed E-state index contributed by atoms with van der Waals surface area (Å²) in [4.78, 5) is 22.0. The maximum absolute atomic E-state index is 13.0.